The van der Waals surface area contributed by atoms with Gasteiger partial charge in [0.1, 0.15) is 12.3 Å². The number of rotatable bonds is 8. The molecule has 10 heteroatoms. The average Bonchev–Trinajstić information content (AvgIpc) is 3.09. The number of esters is 1. The quantitative estimate of drug-likeness (QED) is 0.364. The minimum atomic E-state index is -2.38. The van der Waals surface area contributed by atoms with E-state index < -0.39 is 83.0 Å². The van der Waals surface area contributed by atoms with E-state index in [1.54, 1.807) is 13.8 Å². The van der Waals surface area contributed by atoms with Gasteiger partial charge >= 0.3 is 12.1 Å². The molecular formula is C30H41F3O7. The summed E-state index contributed by atoms with van der Waals surface area (Å²) >= 11 is 0. The number of alkyl halides is 3. The number of ketones is 1. The number of ether oxygens (including phenoxy) is 3. The Balaban J connectivity index is 1.78. The molecule has 3 fully saturated rings. The van der Waals surface area contributed by atoms with Gasteiger partial charge in [0.25, 0.3) is 0 Å². The molecule has 0 saturated heterocycles. The molecule has 1 N–H and O–H groups in total. The van der Waals surface area contributed by atoms with Crippen LogP contribution in [0.5, 0.6) is 0 Å². The lowest BCUT2D eigenvalue weighted by Gasteiger charge is -2.62. The zero-order valence-corrected chi connectivity index (χ0v) is 23.9. The highest BCUT2D eigenvalue weighted by atomic mass is 19.1. The summed E-state index contributed by atoms with van der Waals surface area (Å²) in [5.74, 6) is -4.24. The Labute approximate surface area is 233 Å². The number of halogens is 3. The summed E-state index contributed by atoms with van der Waals surface area (Å²) < 4.78 is 62.8. The lowest BCUT2D eigenvalue weighted by molar-refractivity contribution is -0.235. The number of aliphatic hydroxyl groups excluding tert-OH is 1. The first-order chi connectivity index (χ1) is 18.8. The molecule has 0 unspecified atom stereocenters. The molecule has 0 radical (unpaired) electrons. The van der Waals surface area contributed by atoms with E-state index in [1.807, 2.05) is 13.8 Å². The fraction of sp³-hybridized carbons (Fsp3) is 0.767. The highest BCUT2D eigenvalue weighted by Crippen LogP contribution is 2.71. The predicted octanol–water partition coefficient (Wildman–Crippen LogP) is 5.88. The third-order valence-electron chi connectivity index (χ3n) is 10.4. The predicted molar refractivity (Wildman–Crippen MR) is 139 cm³/mol. The summed E-state index contributed by atoms with van der Waals surface area (Å²) in [6, 6.07) is 0. The van der Waals surface area contributed by atoms with Crippen molar-refractivity contribution < 1.29 is 46.9 Å². The first kappa shape index (κ1) is 30.6. The van der Waals surface area contributed by atoms with Crippen LogP contribution in [0.3, 0.4) is 0 Å². The summed E-state index contributed by atoms with van der Waals surface area (Å²) in [5, 5.41) is 11.5. The Morgan fingerprint density at radius 3 is 2.40 bits per heavy atom. The van der Waals surface area contributed by atoms with Crippen molar-refractivity contribution in [1.82, 2.24) is 0 Å². The molecule has 0 aliphatic heterocycles. The average molecular weight is 571 g/mol. The maximum Gasteiger partial charge on any atom is 0.509 e. The van der Waals surface area contributed by atoms with E-state index in [0.29, 0.717) is 12.8 Å². The molecule has 4 aliphatic rings. The Morgan fingerprint density at radius 1 is 1.15 bits per heavy atom. The topological polar surface area (TPSA) is 99.1 Å². The highest BCUT2D eigenvalue weighted by molar-refractivity contribution is 6.01. The minimum Gasteiger partial charge on any atom is -0.431 e. The van der Waals surface area contributed by atoms with Crippen LogP contribution < -0.4 is 0 Å². The lowest BCUT2D eigenvalue weighted by atomic mass is 9.44. The first-order valence-corrected chi connectivity index (χ1v) is 14.4. The summed E-state index contributed by atoms with van der Waals surface area (Å²) in [6.07, 6.45) is 0.730. The number of carbonyl (C=O) groups is 3. The van der Waals surface area contributed by atoms with Gasteiger partial charge in [-0.1, -0.05) is 46.6 Å². The zero-order valence-electron chi connectivity index (χ0n) is 23.9. The van der Waals surface area contributed by atoms with E-state index in [1.165, 1.54) is 19.1 Å². The number of aliphatic hydroxyl groups is 1. The molecule has 0 spiro atoms. The number of hydrogen-bond acceptors (Lipinski definition) is 7. The number of allylic oxidation sites excluding steroid dienone is 4. The number of hydrogen-bond donors (Lipinski definition) is 1. The van der Waals surface area contributed by atoms with Crippen LogP contribution in [0, 0.1) is 28.6 Å². The van der Waals surface area contributed by atoms with Crippen molar-refractivity contribution in [3.63, 3.8) is 0 Å². The summed E-state index contributed by atoms with van der Waals surface area (Å²) in [7, 11) is 0. The van der Waals surface area contributed by atoms with Crippen LogP contribution in [0.1, 0.15) is 79.6 Å². The van der Waals surface area contributed by atoms with Gasteiger partial charge < -0.3 is 19.3 Å². The molecule has 0 amide bonds. The van der Waals surface area contributed by atoms with Crippen LogP contribution >= 0.6 is 0 Å². The molecule has 0 aromatic rings. The summed E-state index contributed by atoms with van der Waals surface area (Å²) in [4.78, 5) is 38.8. The van der Waals surface area contributed by atoms with Gasteiger partial charge in [-0.2, -0.15) is 0 Å². The lowest BCUT2D eigenvalue weighted by Crippen LogP contribution is -2.71. The van der Waals surface area contributed by atoms with Crippen LogP contribution in [0.2, 0.25) is 0 Å². The Bertz CT molecular complexity index is 1090. The van der Waals surface area contributed by atoms with Crippen molar-refractivity contribution in [3.8, 4) is 0 Å². The zero-order chi connectivity index (χ0) is 29.7. The fourth-order valence-corrected chi connectivity index (χ4v) is 8.57. The second-order valence-electron chi connectivity index (χ2n) is 12.4. The van der Waals surface area contributed by atoms with E-state index in [-0.39, 0.29) is 24.8 Å². The maximum absolute atomic E-state index is 17.4. The molecule has 40 heavy (non-hydrogen) atoms. The van der Waals surface area contributed by atoms with Crippen LogP contribution in [0.4, 0.5) is 18.0 Å². The normalized spacial score (nSPS) is 42.0. The monoisotopic (exact) mass is 570 g/mol. The SMILES string of the molecule is CCCC(CCC)OC(=O)O[C@]1(C(=O)OCF)[C@H](C)C[C@H]2[C@@H]3C[C@H](F)C4=CC(=O)C=C[C@]4(C)[C@@]3(F)[C@@H](O)C[C@@]21C. The van der Waals surface area contributed by atoms with E-state index in [4.69, 9.17) is 14.2 Å². The fourth-order valence-electron chi connectivity index (χ4n) is 8.57. The minimum absolute atomic E-state index is 0.0201. The van der Waals surface area contributed by atoms with Gasteiger partial charge in [-0.3, -0.25) is 4.79 Å². The summed E-state index contributed by atoms with van der Waals surface area (Å²) in [5.41, 5.74) is -7.55. The van der Waals surface area contributed by atoms with Crippen LogP contribution in [-0.2, 0) is 23.8 Å². The van der Waals surface area contributed by atoms with Crippen LogP contribution in [-0.4, -0.2) is 59.5 Å². The van der Waals surface area contributed by atoms with Gasteiger partial charge in [0.15, 0.2) is 11.5 Å². The smallest absolute Gasteiger partial charge is 0.431 e. The van der Waals surface area contributed by atoms with Gasteiger partial charge in [-0.25, -0.2) is 22.8 Å². The molecule has 0 aromatic carbocycles. The standard InChI is InChI=1S/C30H41F3O7/c1-6-8-19(9-7-2)39-26(37)40-30(25(36)38-16-31)17(3)12-20-21-14-23(32)22-13-18(34)10-11-27(22,4)29(21,33)24(35)15-28(20,30)5/h10-11,13,17,19-21,23-24,35H,6-9,12,14-16H2,1-5H3/t17-,20+,21+,23+,24+,27+,28+,29+,30+/m1/s1. The van der Waals surface area contributed by atoms with Gasteiger partial charge in [-0.05, 0) is 62.7 Å². The van der Waals surface area contributed by atoms with E-state index in [0.717, 1.165) is 18.9 Å². The molecule has 0 bridgehead atoms. The summed E-state index contributed by atoms with van der Waals surface area (Å²) in [6.45, 7) is 7.10. The largest absolute Gasteiger partial charge is 0.509 e. The Kier molecular flexibility index (Phi) is 8.26. The van der Waals surface area contributed by atoms with Crippen molar-refractivity contribution >= 4 is 17.9 Å². The van der Waals surface area contributed by atoms with Crippen molar-refractivity contribution in [1.29, 1.82) is 0 Å². The molecule has 224 valence electrons. The first-order valence-electron chi connectivity index (χ1n) is 14.4. The second-order valence-corrected chi connectivity index (χ2v) is 12.4. The molecule has 3 saturated carbocycles. The molecule has 7 nitrogen and oxygen atoms in total. The van der Waals surface area contributed by atoms with Crippen molar-refractivity contribution in [2.24, 2.45) is 28.6 Å². The van der Waals surface area contributed by atoms with Gasteiger partial charge in [0.05, 0.1) is 6.10 Å². The molecule has 4 aliphatic carbocycles. The molecular weight excluding hydrogens is 529 g/mol. The maximum atomic E-state index is 17.4. The molecule has 9 atom stereocenters. The van der Waals surface area contributed by atoms with E-state index in [9.17, 15) is 23.9 Å². The third kappa shape index (κ3) is 4.22. The van der Waals surface area contributed by atoms with E-state index >= 15 is 8.78 Å². The second kappa shape index (κ2) is 10.8. The molecule has 4 rings (SSSR count). The van der Waals surface area contributed by atoms with Crippen molar-refractivity contribution in [2.45, 2.75) is 109 Å². The molecule has 0 aromatic heterocycles. The van der Waals surface area contributed by atoms with Crippen LogP contribution in [0.15, 0.2) is 23.8 Å². The number of carbonyl (C=O) groups excluding carboxylic acids is 3. The number of fused-ring (bicyclic) bond motifs is 5. The highest BCUT2D eigenvalue weighted by Gasteiger charge is 2.79. The van der Waals surface area contributed by atoms with Crippen molar-refractivity contribution in [3.05, 3.63) is 23.8 Å². The molecule has 0 heterocycles. The van der Waals surface area contributed by atoms with Gasteiger partial charge in [-0.15, -0.1) is 0 Å². The Morgan fingerprint density at radius 2 is 1.80 bits per heavy atom. The van der Waals surface area contributed by atoms with Crippen molar-refractivity contribution in [2.75, 3.05) is 6.86 Å². The van der Waals surface area contributed by atoms with Crippen LogP contribution in [0.25, 0.3) is 0 Å². The third-order valence-corrected chi connectivity index (χ3v) is 10.4. The Hall–Kier alpha value is -2.36. The van der Waals surface area contributed by atoms with E-state index in [2.05, 4.69) is 0 Å². The van der Waals surface area contributed by atoms with Gasteiger partial charge in [0.2, 0.25) is 12.5 Å². The van der Waals surface area contributed by atoms with Gasteiger partial charge in [0, 0.05) is 22.7 Å².